The molecule has 3 unspecified atom stereocenters. The molecule has 2 aliphatic carbocycles. The molecule has 18 heavy (non-hydrogen) atoms. The quantitative estimate of drug-likeness (QED) is 0.775. The molecule has 0 radical (unpaired) electrons. The van der Waals surface area contributed by atoms with Crippen molar-refractivity contribution >= 4 is 22.8 Å². The van der Waals surface area contributed by atoms with Crippen LogP contribution >= 0.6 is 11.6 Å². The summed E-state index contributed by atoms with van der Waals surface area (Å²) >= 11 is 6.07. The Labute approximate surface area is 111 Å². The lowest BCUT2D eigenvalue weighted by molar-refractivity contribution is 0.330. The number of hydrogen-bond acceptors (Lipinski definition) is 2. The minimum absolute atomic E-state index is 0.476. The molecular formula is C14H16ClN3. The van der Waals surface area contributed by atoms with Gasteiger partial charge >= 0.3 is 0 Å². The van der Waals surface area contributed by atoms with E-state index in [1.807, 2.05) is 18.3 Å². The van der Waals surface area contributed by atoms with Gasteiger partial charge in [-0.25, -0.2) is 9.97 Å². The number of rotatable bonds is 2. The molecule has 2 fully saturated rings. The summed E-state index contributed by atoms with van der Waals surface area (Å²) in [4.78, 5) is 9.15. The maximum absolute atomic E-state index is 6.07. The predicted molar refractivity (Wildman–Crippen MR) is 71.6 cm³/mol. The summed E-state index contributed by atoms with van der Waals surface area (Å²) in [5, 5.41) is 0. The topological polar surface area (TPSA) is 30.7 Å². The molecule has 3 nitrogen and oxygen atoms in total. The van der Waals surface area contributed by atoms with Crippen molar-refractivity contribution in [2.75, 3.05) is 0 Å². The molecule has 4 rings (SSSR count). The molecule has 0 N–H and O–H groups in total. The van der Waals surface area contributed by atoms with Crippen LogP contribution < -0.4 is 0 Å². The molecule has 4 heteroatoms. The molecule has 0 amide bonds. The van der Waals surface area contributed by atoms with E-state index in [1.165, 1.54) is 25.7 Å². The monoisotopic (exact) mass is 261 g/mol. The zero-order valence-corrected chi connectivity index (χ0v) is 11.0. The molecule has 0 spiro atoms. The molecule has 0 saturated heterocycles. The smallest absolute Gasteiger partial charge is 0.160 e. The van der Waals surface area contributed by atoms with Crippen molar-refractivity contribution in [3.05, 3.63) is 24.2 Å². The molecule has 2 aromatic heterocycles. The highest BCUT2D eigenvalue weighted by molar-refractivity contribution is 6.16. The number of hydrogen-bond donors (Lipinski definition) is 0. The summed E-state index contributed by atoms with van der Waals surface area (Å²) < 4.78 is 2.33. The van der Waals surface area contributed by atoms with Crippen LogP contribution in [0.5, 0.6) is 0 Å². The number of pyridine rings is 1. The molecule has 94 valence electrons. The fraction of sp³-hybridized carbons (Fsp3) is 0.571. The minimum Gasteiger partial charge on any atom is -0.308 e. The Morgan fingerprint density at radius 3 is 3.00 bits per heavy atom. The van der Waals surface area contributed by atoms with E-state index in [2.05, 4.69) is 14.5 Å². The lowest BCUT2D eigenvalue weighted by Gasteiger charge is -2.24. The van der Waals surface area contributed by atoms with Crippen molar-refractivity contribution in [3.8, 4) is 0 Å². The predicted octanol–water partition coefficient (Wildman–Crippen LogP) is 3.53. The number of aromatic nitrogens is 3. The average molecular weight is 262 g/mol. The van der Waals surface area contributed by atoms with Gasteiger partial charge in [0.15, 0.2) is 5.65 Å². The largest absolute Gasteiger partial charge is 0.308 e. The number of fused-ring (bicyclic) bond motifs is 3. The summed E-state index contributed by atoms with van der Waals surface area (Å²) in [7, 11) is 0. The highest BCUT2D eigenvalue weighted by Crippen LogP contribution is 2.51. The third-order valence-corrected chi connectivity index (χ3v) is 4.91. The highest BCUT2D eigenvalue weighted by Gasteiger charge is 2.41. The van der Waals surface area contributed by atoms with E-state index in [0.29, 0.717) is 11.9 Å². The number of nitrogens with zero attached hydrogens (tertiary/aromatic N) is 3. The Kier molecular flexibility index (Phi) is 2.37. The van der Waals surface area contributed by atoms with Crippen LogP contribution in [-0.4, -0.2) is 14.5 Å². The van der Waals surface area contributed by atoms with Gasteiger partial charge in [0, 0.05) is 12.2 Å². The number of halogens is 1. The zero-order valence-electron chi connectivity index (χ0n) is 10.2. The first-order valence-electron chi connectivity index (χ1n) is 6.74. The maximum Gasteiger partial charge on any atom is 0.160 e. The highest BCUT2D eigenvalue weighted by atomic mass is 35.5. The molecular weight excluding hydrogens is 246 g/mol. The first-order valence-corrected chi connectivity index (χ1v) is 7.28. The van der Waals surface area contributed by atoms with Crippen molar-refractivity contribution in [2.24, 2.45) is 11.8 Å². The van der Waals surface area contributed by atoms with Gasteiger partial charge in [-0.2, -0.15) is 0 Å². The summed E-state index contributed by atoms with van der Waals surface area (Å²) in [6.45, 7) is 0. The first-order chi connectivity index (χ1) is 8.86. The maximum atomic E-state index is 6.07. The molecule has 2 aromatic rings. The second kappa shape index (κ2) is 3.95. The Balaban J connectivity index is 1.88. The summed E-state index contributed by atoms with van der Waals surface area (Å²) in [6.07, 6.45) is 7.31. The van der Waals surface area contributed by atoms with Crippen molar-refractivity contribution in [1.29, 1.82) is 0 Å². The Morgan fingerprint density at radius 2 is 2.28 bits per heavy atom. The van der Waals surface area contributed by atoms with Gasteiger partial charge in [-0.15, -0.1) is 11.6 Å². The SMILES string of the molecule is ClCc1nc2cccnc2n1C1CC2CCC1C2. The van der Waals surface area contributed by atoms with Crippen LogP contribution in [-0.2, 0) is 5.88 Å². The van der Waals surface area contributed by atoms with Crippen molar-refractivity contribution in [2.45, 2.75) is 37.6 Å². The summed E-state index contributed by atoms with van der Waals surface area (Å²) in [5.41, 5.74) is 2.00. The van der Waals surface area contributed by atoms with E-state index in [0.717, 1.165) is 28.8 Å². The van der Waals surface area contributed by atoms with Crippen molar-refractivity contribution < 1.29 is 0 Å². The average Bonchev–Trinajstić information content (AvgIpc) is 3.10. The van der Waals surface area contributed by atoms with Crippen molar-refractivity contribution in [1.82, 2.24) is 14.5 Å². The first kappa shape index (κ1) is 10.8. The molecule has 0 aliphatic heterocycles. The molecule has 2 aliphatic rings. The molecule has 2 bridgehead atoms. The van der Waals surface area contributed by atoms with Gasteiger partial charge in [-0.05, 0) is 43.2 Å². The van der Waals surface area contributed by atoms with E-state index in [-0.39, 0.29) is 0 Å². The van der Waals surface area contributed by atoms with Crippen LogP contribution in [0.3, 0.4) is 0 Å². The zero-order chi connectivity index (χ0) is 12.1. The number of alkyl halides is 1. The molecule has 2 heterocycles. The fourth-order valence-electron chi connectivity index (χ4n) is 3.95. The van der Waals surface area contributed by atoms with Crippen molar-refractivity contribution in [3.63, 3.8) is 0 Å². The lowest BCUT2D eigenvalue weighted by Crippen LogP contribution is -2.18. The standard InChI is InChI=1S/C14H16ClN3/c15-8-13-17-11-2-1-5-16-14(11)18(13)12-7-9-3-4-10(12)6-9/h1-2,5,9-10,12H,3-4,6-8H2. The molecule has 0 aromatic carbocycles. The van der Waals surface area contributed by atoms with E-state index in [9.17, 15) is 0 Å². The second-order valence-electron chi connectivity index (χ2n) is 5.62. The van der Waals surface area contributed by atoms with Crippen LogP contribution in [0.1, 0.15) is 37.5 Å². The molecule has 2 saturated carbocycles. The second-order valence-corrected chi connectivity index (χ2v) is 5.89. The van der Waals surface area contributed by atoms with Gasteiger partial charge in [0.25, 0.3) is 0 Å². The molecule has 3 atom stereocenters. The van der Waals surface area contributed by atoms with Crippen LogP contribution in [0, 0.1) is 11.8 Å². The third-order valence-electron chi connectivity index (χ3n) is 4.67. The van der Waals surface area contributed by atoms with Crippen LogP contribution in [0.15, 0.2) is 18.3 Å². The van der Waals surface area contributed by atoms with Crippen LogP contribution in [0.2, 0.25) is 0 Å². The number of imidazole rings is 1. The van der Waals surface area contributed by atoms with E-state index >= 15 is 0 Å². The van der Waals surface area contributed by atoms with Gasteiger partial charge < -0.3 is 4.57 Å². The summed E-state index contributed by atoms with van der Waals surface area (Å²) in [6, 6.07) is 4.55. The minimum atomic E-state index is 0.476. The Morgan fingerprint density at radius 1 is 1.33 bits per heavy atom. The van der Waals surface area contributed by atoms with Gasteiger partial charge in [-0.1, -0.05) is 6.42 Å². The van der Waals surface area contributed by atoms with Gasteiger partial charge in [-0.3, -0.25) is 0 Å². The Hall–Kier alpha value is -1.09. The lowest BCUT2D eigenvalue weighted by atomic mass is 9.95. The normalized spacial score (nSPS) is 30.4. The van der Waals surface area contributed by atoms with E-state index in [4.69, 9.17) is 11.6 Å². The van der Waals surface area contributed by atoms with Gasteiger partial charge in [0.2, 0.25) is 0 Å². The van der Waals surface area contributed by atoms with Crippen LogP contribution in [0.25, 0.3) is 11.2 Å². The van der Waals surface area contributed by atoms with E-state index in [1.54, 1.807) is 0 Å². The van der Waals surface area contributed by atoms with Gasteiger partial charge in [0.1, 0.15) is 11.3 Å². The van der Waals surface area contributed by atoms with Crippen LogP contribution in [0.4, 0.5) is 0 Å². The fourth-order valence-corrected chi connectivity index (χ4v) is 4.14. The Bertz CT molecular complexity index is 592. The third kappa shape index (κ3) is 1.43. The van der Waals surface area contributed by atoms with Gasteiger partial charge in [0.05, 0.1) is 5.88 Å². The van der Waals surface area contributed by atoms with E-state index < -0.39 is 0 Å². The summed E-state index contributed by atoms with van der Waals surface area (Å²) in [5.74, 6) is 3.20.